The molecule has 0 amide bonds. The number of aliphatic hydroxyl groups excluding tert-OH is 4. The van der Waals surface area contributed by atoms with E-state index in [1.54, 1.807) is 48.5 Å². The third-order valence-corrected chi connectivity index (χ3v) is 12.7. The molecule has 0 aromatic heterocycles. The number of likely N-dealkylation sites (N-methyl/N-ethyl adjacent to an activating group) is 1. The van der Waals surface area contributed by atoms with Crippen molar-refractivity contribution in [2.75, 3.05) is 41.9 Å². The summed E-state index contributed by atoms with van der Waals surface area (Å²) in [5.74, 6) is -3.70. The predicted octanol–water partition coefficient (Wildman–Crippen LogP) is 1.12. The average Bonchev–Trinajstić information content (AvgIpc) is 3.09. The van der Waals surface area contributed by atoms with Crippen molar-refractivity contribution in [1.29, 1.82) is 0 Å². The number of cyclic esters (lactones) is 1. The highest BCUT2D eigenvalue weighted by molar-refractivity contribution is 5.73. The Bertz CT molecular complexity index is 1200. The van der Waals surface area contributed by atoms with Crippen molar-refractivity contribution >= 4 is 5.97 Å². The van der Waals surface area contributed by atoms with E-state index >= 15 is 0 Å². The lowest BCUT2D eigenvalue weighted by Crippen LogP contribution is -2.63. The van der Waals surface area contributed by atoms with E-state index in [-0.39, 0.29) is 37.3 Å². The van der Waals surface area contributed by atoms with Gasteiger partial charge in [0.1, 0.15) is 18.3 Å². The zero-order chi connectivity index (χ0) is 41.2. The van der Waals surface area contributed by atoms with Gasteiger partial charge in [0.25, 0.3) is 0 Å². The Morgan fingerprint density at radius 1 is 0.870 bits per heavy atom. The zero-order valence-corrected chi connectivity index (χ0v) is 35.2. The van der Waals surface area contributed by atoms with Crippen molar-refractivity contribution in [1.82, 2.24) is 9.80 Å². The molecule has 15 heteroatoms. The monoisotopic (exact) mass is 779 g/mol. The number of aliphatic hydroxyl groups is 6. The summed E-state index contributed by atoms with van der Waals surface area (Å²) in [6.45, 7) is 14.9. The molecule has 0 saturated carbocycles. The van der Waals surface area contributed by atoms with Crippen LogP contribution in [0.2, 0.25) is 0 Å². The molecule has 19 atom stereocenters. The van der Waals surface area contributed by atoms with Crippen molar-refractivity contribution in [2.45, 2.75) is 178 Å². The molecule has 0 aromatic carbocycles. The second-order valence-electron chi connectivity index (χ2n) is 17.6. The number of ether oxygens (including phenoxy) is 6. The average molecular weight is 779 g/mol. The minimum absolute atomic E-state index is 0.0818. The first-order valence-corrected chi connectivity index (χ1v) is 19.7. The fourth-order valence-corrected chi connectivity index (χ4v) is 9.61. The number of hydrogen-bond acceptors (Lipinski definition) is 15. The van der Waals surface area contributed by atoms with Gasteiger partial charge in [-0.15, -0.1) is 0 Å². The number of carbonyl (C=O) groups is 1. The van der Waals surface area contributed by atoms with Gasteiger partial charge in [-0.25, -0.2) is 0 Å². The molecule has 3 rings (SSSR count). The van der Waals surface area contributed by atoms with E-state index in [4.69, 9.17) is 28.4 Å². The van der Waals surface area contributed by atoms with Gasteiger partial charge in [0.2, 0.25) is 0 Å². The van der Waals surface area contributed by atoms with Gasteiger partial charge in [0.15, 0.2) is 18.2 Å². The molecule has 3 heterocycles. The van der Waals surface area contributed by atoms with Crippen molar-refractivity contribution in [2.24, 2.45) is 23.7 Å². The molecular weight excluding hydrogens is 704 g/mol. The highest BCUT2D eigenvalue weighted by Crippen LogP contribution is 2.42. The van der Waals surface area contributed by atoms with E-state index in [0.717, 1.165) is 0 Å². The maximum atomic E-state index is 14.3. The Morgan fingerprint density at radius 3 is 2.00 bits per heavy atom. The van der Waals surface area contributed by atoms with Crippen molar-refractivity contribution in [3.05, 3.63) is 0 Å². The van der Waals surface area contributed by atoms with Crippen LogP contribution in [0.1, 0.15) is 88.0 Å². The molecule has 2 unspecified atom stereocenters. The van der Waals surface area contributed by atoms with E-state index in [1.165, 1.54) is 7.11 Å². The normalized spacial score (nSPS) is 49.1. The quantitative estimate of drug-likeness (QED) is 0.182. The lowest BCUT2D eigenvalue weighted by Gasteiger charge is -2.50. The molecule has 15 nitrogen and oxygen atoms in total. The van der Waals surface area contributed by atoms with Gasteiger partial charge in [-0.2, -0.15) is 0 Å². The topological polar surface area (TPSA) is 200 Å². The molecule has 54 heavy (non-hydrogen) atoms. The summed E-state index contributed by atoms with van der Waals surface area (Å²) in [6.07, 6.45) is -9.35. The lowest BCUT2D eigenvalue weighted by atomic mass is 9.72. The van der Waals surface area contributed by atoms with Crippen LogP contribution in [0.5, 0.6) is 0 Å². The number of nitrogens with zero attached hydrogens (tertiary/aromatic N) is 2. The standard InChI is InChI=1S/C39H74N2O13/c1-15-27-39(48,19-42)32(44)22(4)29(41(12)13)20(2)17-37(8,47)34(54-36-30(43)26(40(10)11)16-21(3)50-36)23(5)31(24(6)35(46)52-27)53-28-18-38(9,49-14)33(45)25(7)51-28/h20-34,36,42-45,47-48H,15-19H2,1-14H3/t20-,21-,22+,23+,24-,25+,26+,27?,28+,29-,30-,31?,32-,33+,34-,36+,37-,38-,39-/m1/s1. The Morgan fingerprint density at radius 2 is 1.48 bits per heavy atom. The Labute approximate surface area is 323 Å². The van der Waals surface area contributed by atoms with E-state index < -0.39 is 108 Å². The molecule has 3 aliphatic heterocycles. The maximum absolute atomic E-state index is 14.3. The maximum Gasteiger partial charge on any atom is 0.311 e. The molecule has 6 N–H and O–H groups in total. The van der Waals surface area contributed by atoms with Gasteiger partial charge < -0.3 is 68.9 Å². The van der Waals surface area contributed by atoms with Crippen LogP contribution >= 0.6 is 0 Å². The van der Waals surface area contributed by atoms with Crippen LogP contribution < -0.4 is 0 Å². The summed E-state index contributed by atoms with van der Waals surface area (Å²) < 4.78 is 37.5. The largest absolute Gasteiger partial charge is 0.459 e. The molecule has 0 spiro atoms. The van der Waals surface area contributed by atoms with Gasteiger partial charge in [-0.1, -0.05) is 27.7 Å². The van der Waals surface area contributed by atoms with E-state index in [1.807, 2.05) is 51.8 Å². The predicted molar refractivity (Wildman–Crippen MR) is 200 cm³/mol. The molecule has 0 aromatic rings. The van der Waals surface area contributed by atoms with Crippen LogP contribution in [0.15, 0.2) is 0 Å². The molecule has 3 aliphatic rings. The van der Waals surface area contributed by atoms with Gasteiger partial charge in [0, 0.05) is 37.5 Å². The van der Waals surface area contributed by atoms with Crippen LogP contribution in [0.3, 0.4) is 0 Å². The van der Waals surface area contributed by atoms with Gasteiger partial charge in [0.05, 0.1) is 54.2 Å². The number of rotatable bonds is 9. The summed E-state index contributed by atoms with van der Waals surface area (Å²) in [4.78, 5) is 18.1. The van der Waals surface area contributed by atoms with Crippen LogP contribution in [-0.4, -0.2) is 179 Å². The second kappa shape index (κ2) is 18.7. The highest BCUT2D eigenvalue weighted by atomic mass is 16.7. The first kappa shape index (κ1) is 47.3. The van der Waals surface area contributed by atoms with Crippen molar-refractivity contribution < 1.29 is 63.9 Å². The summed E-state index contributed by atoms with van der Waals surface area (Å²) in [5, 5.41) is 69.6. The smallest absolute Gasteiger partial charge is 0.311 e. The Kier molecular flexibility index (Phi) is 16.4. The first-order valence-electron chi connectivity index (χ1n) is 19.7. The van der Waals surface area contributed by atoms with Crippen molar-refractivity contribution in [3.8, 4) is 0 Å². The fourth-order valence-electron chi connectivity index (χ4n) is 9.61. The second-order valence-corrected chi connectivity index (χ2v) is 17.6. The molecule has 3 saturated heterocycles. The molecule has 0 aliphatic carbocycles. The van der Waals surface area contributed by atoms with Crippen molar-refractivity contribution in [3.63, 3.8) is 0 Å². The Hall–Kier alpha value is -1.05. The number of esters is 1. The SMILES string of the molecule is CCC1OC(=O)[C@H](C)C(O[C@H]2C[C@@](C)(OC)[C@@H](O)[C@H](C)O2)[C@H](C)[C@@H](O[C@@H]2O[C@H](C)C[C@H](N(C)C)[C@H]2O)[C@](C)(O)C[C@@H](C)[C@@H](N(C)C)[C@H](C)[C@@H](O)[C@@]1(O)CO. The molecular formula is C39H74N2O13. The molecule has 3 fully saturated rings. The summed E-state index contributed by atoms with van der Waals surface area (Å²) in [7, 11) is 8.91. The summed E-state index contributed by atoms with van der Waals surface area (Å²) >= 11 is 0. The zero-order valence-electron chi connectivity index (χ0n) is 35.2. The first-order chi connectivity index (χ1) is 24.9. The van der Waals surface area contributed by atoms with Crippen LogP contribution in [0, 0.1) is 23.7 Å². The lowest BCUT2D eigenvalue weighted by molar-refractivity contribution is -0.318. The number of hydrogen-bond donors (Lipinski definition) is 6. The van der Waals surface area contributed by atoms with Gasteiger partial charge >= 0.3 is 5.97 Å². The third kappa shape index (κ3) is 9.96. The van der Waals surface area contributed by atoms with Gasteiger partial charge in [-0.3, -0.25) is 4.79 Å². The van der Waals surface area contributed by atoms with E-state index in [2.05, 4.69) is 0 Å². The van der Waals surface area contributed by atoms with Crippen LogP contribution in [0.4, 0.5) is 0 Å². The summed E-state index contributed by atoms with van der Waals surface area (Å²) in [5.41, 5.74) is -4.93. The Balaban J connectivity index is 2.24. The van der Waals surface area contributed by atoms with E-state index in [9.17, 15) is 35.4 Å². The van der Waals surface area contributed by atoms with Crippen LogP contribution in [-0.2, 0) is 33.2 Å². The minimum Gasteiger partial charge on any atom is -0.459 e. The highest BCUT2D eigenvalue weighted by Gasteiger charge is 2.54. The molecule has 0 radical (unpaired) electrons. The van der Waals surface area contributed by atoms with E-state index in [0.29, 0.717) is 6.42 Å². The summed E-state index contributed by atoms with van der Waals surface area (Å²) in [6, 6.07) is -0.753. The van der Waals surface area contributed by atoms with Crippen LogP contribution in [0.25, 0.3) is 0 Å². The number of carbonyl (C=O) groups excluding carboxylic acids is 1. The minimum atomic E-state index is -2.22. The molecule has 318 valence electrons. The molecule has 0 bridgehead atoms. The third-order valence-electron chi connectivity index (χ3n) is 12.7. The number of methoxy groups -OCH3 is 1. The van der Waals surface area contributed by atoms with Gasteiger partial charge in [-0.05, 0) is 88.0 Å². The fraction of sp³-hybridized carbons (Fsp3) is 0.974.